The predicted octanol–water partition coefficient (Wildman–Crippen LogP) is 4.26. The van der Waals surface area contributed by atoms with Crippen LogP contribution in [-0.4, -0.2) is 21.5 Å². The van der Waals surface area contributed by atoms with Gasteiger partial charge in [0.15, 0.2) is 5.78 Å². The minimum Gasteiger partial charge on any atom is -0.293 e. The zero-order valence-corrected chi connectivity index (χ0v) is 12.6. The molecule has 0 unspecified atom stereocenters. The molecule has 3 rings (SSSR count). The zero-order valence-electron chi connectivity index (χ0n) is 11.0. The average molecular weight is 315 g/mol. The summed E-state index contributed by atoms with van der Waals surface area (Å²) in [6, 6.07) is 14.7. The molecule has 0 spiro atoms. The molecular formula is C16H11ClN2OS. The van der Waals surface area contributed by atoms with Crippen molar-refractivity contribution in [3.63, 3.8) is 0 Å². The number of para-hydroxylation sites is 1. The van der Waals surface area contributed by atoms with Crippen LogP contribution in [0.4, 0.5) is 0 Å². The highest BCUT2D eigenvalue weighted by atomic mass is 35.5. The summed E-state index contributed by atoms with van der Waals surface area (Å²) in [6.07, 6.45) is 1.53. The van der Waals surface area contributed by atoms with Crippen LogP contribution < -0.4 is 0 Å². The van der Waals surface area contributed by atoms with E-state index in [9.17, 15) is 4.79 Å². The molecule has 0 fully saturated rings. The summed E-state index contributed by atoms with van der Waals surface area (Å²) in [5, 5.41) is 2.41. The van der Waals surface area contributed by atoms with Crippen LogP contribution in [0.25, 0.3) is 10.9 Å². The van der Waals surface area contributed by atoms with Crippen molar-refractivity contribution in [3.05, 3.63) is 65.4 Å². The van der Waals surface area contributed by atoms with Crippen molar-refractivity contribution in [2.75, 3.05) is 5.75 Å². The van der Waals surface area contributed by atoms with Crippen LogP contribution in [0.2, 0.25) is 5.02 Å². The van der Waals surface area contributed by atoms with Crippen molar-refractivity contribution in [1.29, 1.82) is 0 Å². The number of rotatable bonds is 4. The van der Waals surface area contributed by atoms with Gasteiger partial charge >= 0.3 is 0 Å². The van der Waals surface area contributed by atoms with E-state index in [0.29, 0.717) is 16.3 Å². The Balaban J connectivity index is 1.77. The van der Waals surface area contributed by atoms with Crippen molar-refractivity contribution >= 4 is 40.0 Å². The van der Waals surface area contributed by atoms with Crippen molar-refractivity contribution in [1.82, 2.24) is 9.97 Å². The van der Waals surface area contributed by atoms with Gasteiger partial charge in [0.05, 0.1) is 11.3 Å². The van der Waals surface area contributed by atoms with Gasteiger partial charge in [0.1, 0.15) is 11.4 Å². The van der Waals surface area contributed by atoms with Gasteiger partial charge in [-0.2, -0.15) is 0 Å². The van der Waals surface area contributed by atoms with E-state index in [1.165, 1.54) is 18.1 Å². The van der Waals surface area contributed by atoms with Gasteiger partial charge in [0.25, 0.3) is 0 Å². The van der Waals surface area contributed by atoms with Crippen LogP contribution in [0.1, 0.15) is 10.4 Å². The maximum absolute atomic E-state index is 12.2. The summed E-state index contributed by atoms with van der Waals surface area (Å²) in [7, 11) is 0. The Morgan fingerprint density at radius 3 is 2.62 bits per heavy atom. The number of halogens is 1. The number of aromatic nitrogens is 2. The van der Waals surface area contributed by atoms with Crippen molar-refractivity contribution in [2.45, 2.75) is 5.03 Å². The monoisotopic (exact) mass is 314 g/mol. The van der Waals surface area contributed by atoms with Gasteiger partial charge in [-0.05, 0) is 30.3 Å². The standard InChI is InChI=1S/C16H11ClN2OS/c17-12-7-5-11(6-8-12)15(20)9-21-16-13-3-1-2-4-14(13)18-10-19-16/h1-8,10H,9H2. The molecule has 0 aliphatic heterocycles. The Hall–Kier alpha value is -1.91. The number of Topliss-reactive ketones (excluding diaryl/α,β-unsaturated/α-hetero) is 1. The predicted molar refractivity (Wildman–Crippen MR) is 86.0 cm³/mol. The summed E-state index contributed by atoms with van der Waals surface area (Å²) in [5.41, 5.74) is 1.54. The molecule has 0 aliphatic carbocycles. The molecule has 3 aromatic rings. The third-order valence-corrected chi connectivity index (χ3v) is 4.27. The molecule has 21 heavy (non-hydrogen) atoms. The second kappa shape index (κ2) is 6.24. The number of hydrogen-bond donors (Lipinski definition) is 0. The largest absolute Gasteiger partial charge is 0.293 e. The first-order valence-electron chi connectivity index (χ1n) is 6.35. The summed E-state index contributed by atoms with van der Waals surface area (Å²) >= 11 is 7.24. The first-order valence-corrected chi connectivity index (χ1v) is 7.72. The zero-order chi connectivity index (χ0) is 14.7. The lowest BCUT2D eigenvalue weighted by Gasteiger charge is -2.04. The molecule has 0 atom stereocenters. The van der Waals surface area contributed by atoms with Gasteiger partial charge in [0, 0.05) is 16.0 Å². The number of nitrogens with zero attached hydrogens (tertiary/aromatic N) is 2. The number of thioether (sulfide) groups is 1. The van der Waals surface area contributed by atoms with Gasteiger partial charge in [-0.15, -0.1) is 0 Å². The maximum Gasteiger partial charge on any atom is 0.173 e. The number of carbonyl (C=O) groups excluding carboxylic acids is 1. The van der Waals surface area contributed by atoms with Gasteiger partial charge in [-0.25, -0.2) is 9.97 Å². The lowest BCUT2D eigenvalue weighted by atomic mass is 10.1. The van der Waals surface area contributed by atoms with E-state index in [2.05, 4.69) is 9.97 Å². The Labute approximate surface area is 131 Å². The molecule has 104 valence electrons. The first-order chi connectivity index (χ1) is 10.2. The van der Waals surface area contributed by atoms with E-state index in [1.54, 1.807) is 24.3 Å². The van der Waals surface area contributed by atoms with E-state index in [-0.39, 0.29) is 5.78 Å². The number of fused-ring (bicyclic) bond motifs is 1. The fourth-order valence-corrected chi connectivity index (χ4v) is 2.96. The highest BCUT2D eigenvalue weighted by Crippen LogP contribution is 2.25. The number of benzene rings is 2. The average Bonchev–Trinajstić information content (AvgIpc) is 2.53. The van der Waals surface area contributed by atoms with Crippen molar-refractivity contribution in [3.8, 4) is 0 Å². The second-order valence-corrected chi connectivity index (χ2v) is 5.82. The topological polar surface area (TPSA) is 42.9 Å². The second-order valence-electron chi connectivity index (χ2n) is 4.41. The van der Waals surface area contributed by atoms with Crippen LogP contribution in [-0.2, 0) is 0 Å². The van der Waals surface area contributed by atoms with Gasteiger partial charge in [-0.1, -0.05) is 41.6 Å². The molecule has 0 amide bonds. The molecule has 1 heterocycles. The number of ketones is 1. The highest BCUT2D eigenvalue weighted by molar-refractivity contribution is 8.00. The third-order valence-electron chi connectivity index (χ3n) is 3.01. The minimum atomic E-state index is 0.0550. The normalized spacial score (nSPS) is 10.7. The summed E-state index contributed by atoms with van der Waals surface area (Å²) in [5.74, 6) is 0.391. The lowest BCUT2D eigenvalue weighted by Crippen LogP contribution is -2.02. The minimum absolute atomic E-state index is 0.0550. The van der Waals surface area contributed by atoms with Crippen LogP contribution in [0.15, 0.2) is 59.9 Å². The van der Waals surface area contributed by atoms with Crippen LogP contribution in [0.3, 0.4) is 0 Å². The van der Waals surface area contributed by atoms with Gasteiger partial charge in [-0.3, -0.25) is 4.79 Å². The SMILES string of the molecule is O=C(CSc1ncnc2ccccc12)c1ccc(Cl)cc1. The summed E-state index contributed by atoms with van der Waals surface area (Å²) in [6.45, 7) is 0. The van der Waals surface area contributed by atoms with E-state index >= 15 is 0 Å². The molecule has 0 saturated carbocycles. The van der Waals surface area contributed by atoms with Crippen LogP contribution >= 0.6 is 23.4 Å². The Morgan fingerprint density at radius 2 is 1.81 bits per heavy atom. The fraction of sp³-hybridized carbons (Fsp3) is 0.0625. The Bertz CT molecular complexity index is 784. The molecule has 0 saturated heterocycles. The first kappa shape index (κ1) is 14.0. The number of hydrogen-bond acceptors (Lipinski definition) is 4. The maximum atomic E-state index is 12.2. The molecule has 0 bridgehead atoms. The highest BCUT2D eigenvalue weighted by Gasteiger charge is 2.09. The van der Waals surface area contributed by atoms with Gasteiger partial charge < -0.3 is 0 Å². The quantitative estimate of drug-likeness (QED) is 0.410. The van der Waals surface area contributed by atoms with Crippen molar-refractivity contribution in [2.24, 2.45) is 0 Å². The molecule has 3 nitrogen and oxygen atoms in total. The van der Waals surface area contributed by atoms with Crippen LogP contribution in [0.5, 0.6) is 0 Å². The summed E-state index contributed by atoms with van der Waals surface area (Å²) < 4.78 is 0. The molecule has 2 aromatic carbocycles. The summed E-state index contributed by atoms with van der Waals surface area (Å²) in [4.78, 5) is 20.6. The van der Waals surface area contributed by atoms with E-state index in [4.69, 9.17) is 11.6 Å². The van der Waals surface area contributed by atoms with E-state index in [1.807, 2.05) is 24.3 Å². The molecule has 1 aromatic heterocycles. The Kier molecular flexibility index (Phi) is 4.18. The van der Waals surface area contributed by atoms with Crippen LogP contribution in [0, 0.1) is 0 Å². The molecule has 0 aliphatic rings. The Morgan fingerprint density at radius 1 is 1.05 bits per heavy atom. The number of carbonyl (C=O) groups is 1. The van der Waals surface area contributed by atoms with E-state index < -0.39 is 0 Å². The molecule has 5 heteroatoms. The molecule has 0 N–H and O–H groups in total. The van der Waals surface area contributed by atoms with Crippen molar-refractivity contribution < 1.29 is 4.79 Å². The lowest BCUT2D eigenvalue weighted by molar-refractivity contribution is 0.102. The third kappa shape index (κ3) is 3.23. The fourth-order valence-electron chi connectivity index (χ4n) is 1.95. The molecule has 0 radical (unpaired) electrons. The molecular weight excluding hydrogens is 304 g/mol. The van der Waals surface area contributed by atoms with Gasteiger partial charge in [0.2, 0.25) is 0 Å². The van der Waals surface area contributed by atoms with E-state index in [0.717, 1.165) is 15.9 Å². The smallest absolute Gasteiger partial charge is 0.173 e.